The first-order chi connectivity index (χ1) is 20.3. The summed E-state index contributed by atoms with van der Waals surface area (Å²) < 4.78 is 2.33. The van der Waals surface area contributed by atoms with Crippen molar-refractivity contribution in [2.24, 2.45) is 0 Å². The highest BCUT2D eigenvalue weighted by atomic mass is 15.1. The van der Waals surface area contributed by atoms with Gasteiger partial charge in [-0.3, -0.25) is 9.55 Å². The third kappa shape index (κ3) is 3.90. The monoisotopic (exact) mass is 523 g/mol. The van der Waals surface area contributed by atoms with E-state index in [4.69, 9.17) is 4.98 Å². The fourth-order valence-electron chi connectivity index (χ4n) is 5.94. The van der Waals surface area contributed by atoms with E-state index in [0.29, 0.717) is 0 Å². The maximum atomic E-state index is 5.37. The second kappa shape index (κ2) is 9.58. The number of imidazole rings is 1. The largest absolute Gasteiger partial charge is 0.292 e. The topological polar surface area (TPSA) is 30.7 Å². The maximum Gasteiger partial charge on any atom is 0.145 e. The van der Waals surface area contributed by atoms with Crippen molar-refractivity contribution in [3.63, 3.8) is 0 Å². The van der Waals surface area contributed by atoms with Crippen molar-refractivity contribution in [2.45, 2.75) is 0 Å². The molecule has 0 aliphatic heterocycles. The number of hydrogen-bond donors (Lipinski definition) is 0. The molecule has 0 bridgehead atoms. The number of benzene rings is 6. The summed E-state index contributed by atoms with van der Waals surface area (Å²) in [7, 11) is 0. The molecule has 0 aliphatic carbocycles. The lowest BCUT2D eigenvalue weighted by Gasteiger charge is -2.13. The van der Waals surface area contributed by atoms with Crippen molar-refractivity contribution in [3.8, 4) is 39.3 Å². The van der Waals surface area contributed by atoms with E-state index in [9.17, 15) is 0 Å². The van der Waals surface area contributed by atoms with Crippen LogP contribution in [0.15, 0.2) is 152 Å². The Kier molecular flexibility index (Phi) is 5.46. The Bertz CT molecular complexity index is 2160. The van der Waals surface area contributed by atoms with Gasteiger partial charge >= 0.3 is 0 Å². The zero-order chi connectivity index (χ0) is 27.2. The van der Waals surface area contributed by atoms with Crippen LogP contribution in [0.25, 0.3) is 71.9 Å². The molecule has 0 saturated heterocycles. The van der Waals surface area contributed by atoms with Crippen molar-refractivity contribution in [3.05, 3.63) is 152 Å². The summed E-state index contributed by atoms with van der Waals surface area (Å²) in [6.07, 6.45) is 3.66. The van der Waals surface area contributed by atoms with E-state index in [2.05, 4.69) is 137 Å². The first-order valence-electron chi connectivity index (χ1n) is 13.8. The molecule has 3 heteroatoms. The molecule has 41 heavy (non-hydrogen) atoms. The van der Waals surface area contributed by atoms with Crippen molar-refractivity contribution in [1.29, 1.82) is 0 Å². The van der Waals surface area contributed by atoms with E-state index >= 15 is 0 Å². The van der Waals surface area contributed by atoms with Gasteiger partial charge in [0.15, 0.2) is 0 Å². The molecule has 0 atom stereocenters. The number of aromatic nitrogens is 3. The summed E-state index contributed by atoms with van der Waals surface area (Å²) in [4.78, 5) is 9.54. The second-order valence-electron chi connectivity index (χ2n) is 10.3. The van der Waals surface area contributed by atoms with Gasteiger partial charge in [0.25, 0.3) is 0 Å². The van der Waals surface area contributed by atoms with Gasteiger partial charge in [-0.15, -0.1) is 0 Å². The van der Waals surface area contributed by atoms with Crippen LogP contribution in [0.3, 0.4) is 0 Å². The third-order valence-electron chi connectivity index (χ3n) is 7.92. The van der Waals surface area contributed by atoms with E-state index in [1.54, 1.807) is 0 Å². The highest BCUT2D eigenvalue weighted by Gasteiger charge is 2.20. The van der Waals surface area contributed by atoms with E-state index < -0.39 is 0 Å². The van der Waals surface area contributed by atoms with Crippen LogP contribution in [-0.2, 0) is 0 Å². The average molecular weight is 524 g/mol. The van der Waals surface area contributed by atoms with Crippen LogP contribution in [0, 0.1) is 0 Å². The lowest BCUT2D eigenvalue weighted by atomic mass is 10.00. The molecule has 2 aromatic heterocycles. The van der Waals surface area contributed by atoms with E-state index in [0.717, 1.165) is 44.6 Å². The Balaban J connectivity index is 1.40. The molecule has 6 aromatic carbocycles. The smallest absolute Gasteiger partial charge is 0.145 e. The fourth-order valence-corrected chi connectivity index (χ4v) is 5.94. The normalized spacial score (nSPS) is 11.4. The Morgan fingerprint density at radius 2 is 0.878 bits per heavy atom. The summed E-state index contributed by atoms with van der Waals surface area (Å²) in [6.45, 7) is 0. The molecule has 0 unspecified atom stereocenters. The predicted octanol–water partition coefficient (Wildman–Crippen LogP) is 9.73. The molecule has 0 N–H and O–H groups in total. The zero-order valence-electron chi connectivity index (χ0n) is 22.3. The lowest BCUT2D eigenvalue weighted by Crippen LogP contribution is -1.98. The molecule has 2 heterocycles. The first-order valence-corrected chi connectivity index (χ1v) is 13.8. The molecule has 0 saturated carbocycles. The molecule has 0 aliphatic rings. The van der Waals surface area contributed by atoms with Crippen LogP contribution < -0.4 is 0 Å². The minimum Gasteiger partial charge on any atom is -0.292 e. The molecule has 3 nitrogen and oxygen atoms in total. The summed E-state index contributed by atoms with van der Waals surface area (Å²) >= 11 is 0. The summed E-state index contributed by atoms with van der Waals surface area (Å²) in [5, 5.41) is 4.81. The van der Waals surface area contributed by atoms with Crippen molar-refractivity contribution >= 4 is 32.6 Å². The fraction of sp³-hybridized carbons (Fsp3) is 0. The molecule has 0 radical (unpaired) electrons. The van der Waals surface area contributed by atoms with Gasteiger partial charge in [0.05, 0.1) is 11.0 Å². The van der Waals surface area contributed by atoms with E-state index in [1.165, 1.54) is 27.3 Å². The van der Waals surface area contributed by atoms with Gasteiger partial charge in [-0.25, -0.2) is 4.98 Å². The standard InChI is InChI=1S/C38H25N3/c1-2-8-26(9-3-1)28-18-20-31(21-19-28)41-37-35-13-7-5-11-33(35)32-10-4-6-12-34(32)36(37)40-38(41)30-16-14-27(15-17-30)29-22-24-39-25-23-29/h1-25H. The van der Waals surface area contributed by atoms with Gasteiger partial charge in [0, 0.05) is 34.4 Å². The average Bonchev–Trinajstić information content (AvgIpc) is 3.47. The SMILES string of the molecule is c1ccc(-c2ccc(-n3c(-c4ccc(-c5ccncc5)cc4)nc4c5ccccc5c5ccccc5c43)cc2)cc1. The van der Waals surface area contributed by atoms with Crippen LogP contribution >= 0.6 is 0 Å². The number of rotatable bonds is 4. The van der Waals surface area contributed by atoms with E-state index in [-0.39, 0.29) is 0 Å². The highest BCUT2D eigenvalue weighted by Crippen LogP contribution is 2.39. The lowest BCUT2D eigenvalue weighted by molar-refractivity contribution is 1.11. The number of fused-ring (bicyclic) bond motifs is 6. The minimum absolute atomic E-state index is 0.926. The van der Waals surface area contributed by atoms with Gasteiger partial charge in [0.1, 0.15) is 5.82 Å². The molecule has 192 valence electrons. The third-order valence-corrected chi connectivity index (χ3v) is 7.92. The van der Waals surface area contributed by atoms with Gasteiger partial charge in [-0.2, -0.15) is 0 Å². The number of nitrogens with zero attached hydrogens (tertiary/aromatic N) is 3. The Labute approximate surface area is 238 Å². The Hall–Kier alpha value is -5.54. The molecule has 0 fully saturated rings. The van der Waals surface area contributed by atoms with Gasteiger partial charge < -0.3 is 0 Å². The molecular weight excluding hydrogens is 498 g/mol. The summed E-state index contributed by atoms with van der Waals surface area (Å²) in [6, 6.07) is 49.4. The summed E-state index contributed by atoms with van der Waals surface area (Å²) in [5.74, 6) is 0.926. The van der Waals surface area contributed by atoms with Crippen LogP contribution in [0.5, 0.6) is 0 Å². The molecule has 0 amide bonds. The molecule has 8 rings (SSSR count). The molecule has 8 aromatic rings. The van der Waals surface area contributed by atoms with E-state index in [1.807, 2.05) is 24.5 Å². The van der Waals surface area contributed by atoms with Gasteiger partial charge in [-0.1, -0.05) is 115 Å². The zero-order valence-corrected chi connectivity index (χ0v) is 22.3. The molecule has 0 spiro atoms. The second-order valence-corrected chi connectivity index (χ2v) is 10.3. The van der Waals surface area contributed by atoms with Crippen molar-refractivity contribution in [2.75, 3.05) is 0 Å². The summed E-state index contributed by atoms with van der Waals surface area (Å²) in [5.41, 5.74) is 8.99. The van der Waals surface area contributed by atoms with Crippen molar-refractivity contribution in [1.82, 2.24) is 14.5 Å². The first kappa shape index (κ1) is 23.4. The Morgan fingerprint density at radius 3 is 1.56 bits per heavy atom. The molecular formula is C38H25N3. The quantitative estimate of drug-likeness (QED) is 0.215. The van der Waals surface area contributed by atoms with Crippen LogP contribution in [0.1, 0.15) is 0 Å². The van der Waals surface area contributed by atoms with Crippen LogP contribution in [0.2, 0.25) is 0 Å². The minimum atomic E-state index is 0.926. The maximum absolute atomic E-state index is 5.37. The number of hydrogen-bond acceptors (Lipinski definition) is 2. The van der Waals surface area contributed by atoms with Gasteiger partial charge in [0.2, 0.25) is 0 Å². The van der Waals surface area contributed by atoms with Gasteiger partial charge in [-0.05, 0) is 57.3 Å². The van der Waals surface area contributed by atoms with Crippen LogP contribution in [-0.4, -0.2) is 14.5 Å². The predicted molar refractivity (Wildman–Crippen MR) is 170 cm³/mol. The Morgan fingerprint density at radius 1 is 0.390 bits per heavy atom. The van der Waals surface area contributed by atoms with Crippen LogP contribution in [0.4, 0.5) is 0 Å². The number of pyridine rings is 1. The highest BCUT2D eigenvalue weighted by molar-refractivity contribution is 6.24. The van der Waals surface area contributed by atoms with Crippen molar-refractivity contribution < 1.29 is 0 Å².